The first-order chi connectivity index (χ1) is 9.75. The molecule has 3 nitrogen and oxygen atoms in total. The second-order valence-electron chi connectivity index (χ2n) is 4.55. The SMILES string of the molecule is NC(c1cnn(-c2ccccc2)c1)c1ccccc1I. The summed E-state index contributed by atoms with van der Waals surface area (Å²) < 4.78 is 3.02. The van der Waals surface area contributed by atoms with Crippen LogP contribution in [0.2, 0.25) is 0 Å². The Morgan fingerprint density at radius 3 is 2.45 bits per heavy atom. The number of aromatic nitrogens is 2. The molecule has 0 saturated heterocycles. The van der Waals surface area contributed by atoms with E-state index in [1.165, 1.54) is 3.57 Å². The molecule has 0 saturated carbocycles. The highest BCUT2D eigenvalue weighted by Crippen LogP contribution is 2.24. The van der Waals surface area contributed by atoms with E-state index < -0.39 is 0 Å². The van der Waals surface area contributed by atoms with Crippen LogP contribution in [0.1, 0.15) is 17.2 Å². The summed E-state index contributed by atoms with van der Waals surface area (Å²) in [5.41, 5.74) is 9.52. The number of nitrogens with two attached hydrogens (primary N) is 1. The average Bonchev–Trinajstić information content (AvgIpc) is 2.98. The van der Waals surface area contributed by atoms with Gasteiger partial charge in [0.25, 0.3) is 0 Å². The van der Waals surface area contributed by atoms with Crippen LogP contribution in [0.4, 0.5) is 0 Å². The van der Waals surface area contributed by atoms with Crippen molar-refractivity contribution in [2.45, 2.75) is 6.04 Å². The molecule has 0 aliphatic heterocycles. The Balaban J connectivity index is 1.93. The van der Waals surface area contributed by atoms with Crippen LogP contribution in [-0.4, -0.2) is 9.78 Å². The zero-order valence-electron chi connectivity index (χ0n) is 10.8. The fraction of sp³-hybridized carbons (Fsp3) is 0.0625. The molecule has 3 rings (SSSR count). The van der Waals surface area contributed by atoms with Crippen LogP contribution in [0.15, 0.2) is 67.0 Å². The number of hydrogen-bond acceptors (Lipinski definition) is 2. The fourth-order valence-corrected chi connectivity index (χ4v) is 2.85. The predicted octanol–water partition coefficient (Wildman–Crippen LogP) is 3.53. The molecule has 2 N–H and O–H groups in total. The van der Waals surface area contributed by atoms with Crippen LogP contribution in [0.25, 0.3) is 5.69 Å². The molecule has 3 aromatic rings. The third kappa shape index (κ3) is 2.62. The van der Waals surface area contributed by atoms with Crippen molar-refractivity contribution in [3.63, 3.8) is 0 Å². The summed E-state index contributed by atoms with van der Waals surface area (Å²) in [5.74, 6) is 0. The first-order valence-electron chi connectivity index (χ1n) is 6.36. The topological polar surface area (TPSA) is 43.8 Å². The van der Waals surface area contributed by atoms with Crippen LogP contribution < -0.4 is 5.73 Å². The minimum atomic E-state index is -0.152. The highest BCUT2D eigenvalue weighted by Gasteiger charge is 2.13. The number of halogens is 1. The Hall–Kier alpha value is -1.66. The van der Waals surface area contributed by atoms with Gasteiger partial charge in [-0.2, -0.15) is 5.10 Å². The molecule has 0 aliphatic rings. The van der Waals surface area contributed by atoms with Crippen molar-refractivity contribution in [3.05, 3.63) is 81.7 Å². The van der Waals surface area contributed by atoms with Gasteiger partial charge in [-0.25, -0.2) is 4.68 Å². The number of rotatable bonds is 3. The maximum Gasteiger partial charge on any atom is 0.0645 e. The van der Waals surface area contributed by atoms with Gasteiger partial charge >= 0.3 is 0 Å². The molecule has 0 aliphatic carbocycles. The van der Waals surface area contributed by atoms with Crippen molar-refractivity contribution in [2.75, 3.05) is 0 Å². The Morgan fingerprint density at radius 2 is 1.70 bits per heavy atom. The Kier molecular flexibility index (Phi) is 3.84. The summed E-state index contributed by atoms with van der Waals surface area (Å²) in [7, 11) is 0. The van der Waals surface area contributed by atoms with Gasteiger partial charge in [-0.1, -0.05) is 36.4 Å². The summed E-state index contributed by atoms with van der Waals surface area (Å²) in [5, 5.41) is 4.40. The van der Waals surface area contributed by atoms with E-state index in [4.69, 9.17) is 5.73 Å². The summed E-state index contributed by atoms with van der Waals surface area (Å²) in [6.45, 7) is 0. The van der Waals surface area contributed by atoms with Crippen molar-refractivity contribution < 1.29 is 0 Å². The van der Waals surface area contributed by atoms with E-state index in [1.54, 1.807) is 0 Å². The molecular formula is C16H14IN3. The molecule has 0 bridgehead atoms. The molecule has 0 radical (unpaired) electrons. The van der Waals surface area contributed by atoms with E-state index in [-0.39, 0.29) is 6.04 Å². The monoisotopic (exact) mass is 375 g/mol. The second-order valence-corrected chi connectivity index (χ2v) is 5.72. The van der Waals surface area contributed by atoms with Gasteiger partial charge in [0, 0.05) is 15.3 Å². The molecule has 0 amide bonds. The van der Waals surface area contributed by atoms with Crippen molar-refractivity contribution in [2.24, 2.45) is 5.73 Å². The molecular weight excluding hydrogens is 361 g/mol. The van der Waals surface area contributed by atoms with Crippen molar-refractivity contribution in [1.82, 2.24) is 9.78 Å². The molecule has 1 unspecified atom stereocenters. The quantitative estimate of drug-likeness (QED) is 0.712. The fourth-order valence-electron chi connectivity index (χ4n) is 2.13. The van der Waals surface area contributed by atoms with Crippen molar-refractivity contribution in [1.29, 1.82) is 0 Å². The molecule has 4 heteroatoms. The molecule has 1 heterocycles. The molecule has 1 atom stereocenters. The van der Waals surface area contributed by atoms with Crippen molar-refractivity contribution in [3.8, 4) is 5.69 Å². The summed E-state index contributed by atoms with van der Waals surface area (Å²) >= 11 is 2.31. The van der Waals surface area contributed by atoms with Crippen molar-refractivity contribution >= 4 is 22.6 Å². The minimum Gasteiger partial charge on any atom is -0.320 e. The van der Waals surface area contributed by atoms with E-state index >= 15 is 0 Å². The summed E-state index contributed by atoms with van der Waals surface area (Å²) in [4.78, 5) is 0. The lowest BCUT2D eigenvalue weighted by atomic mass is 10.0. The molecule has 2 aromatic carbocycles. The lowest BCUT2D eigenvalue weighted by Crippen LogP contribution is -2.12. The average molecular weight is 375 g/mol. The van der Waals surface area contributed by atoms with E-state index in [0.29, 0.717) is 0 Å². The van der Waals surface area contributed by atoms with Crippen LogP contribution in [0.5, 0.6) is 0 Å². The van der Waals surface area contributed by atoms with Gasteiger partial charge in [0.2, 0.25) is 0 Å². The first kappa shape index (κ1) is 13.3. The Morgan fingerprint density at radius 1 is 1.00 bits per heavy atom. The number of para-hydroxylation sites is 1. The number of nitrogens with zero attached hydrogens (tertiary/aromatic N) is 2. The first-order valence-corrected chi connectivity index (χ1v) is 7.43. The van der Waals surface area contributed by atoms with Gasteiger partial charge in [0.05, 0.1) is 17.9 Å². The van der Waals surface area contributed by atoms with Crippen LogP contribution in [0, 0.1) is 3.57 Å². The molecule has 1 aromatic heterocycles. The highest BCUT2D eigenvalue weighted by molar-refractivity contribution is 14.1. The summed E-state index contributed by atoms with van der Waals surface area (Å²) in [6, 6.07) is 18.0. The van der Waals surface area contributed by atoms with Crippen LogP contribution >= 0.6 is 22.6 Å². The standard InChI is InChI=1S/C16H14IN3/c17-15-9-5-4-8-14(15)16(18)12-10-19-20(11-12)13-6-2-1-3-7-13/h1-11,16H,18H2. The smallest absolute Gasteiger partial charge is 0.0645 e. The van der Waals surface area contributed by atoms with Crippen LogP contribution in [-0.2, 0) is 0 Å². The molecule has 0 fully saturated rings. The maximum absolute atomic E-state index is 6.35. The van der Waals surface area contributed by atoms with Gasteiger partial charge in [-0.15, -0.1) is 0 Å². The third-order valence-electron chi connectivity index (χ3n) is 3.22. The zero-order valence-corrected chi connectivity index (χ0v) is 12.9. The van der Waals surface area contributed by atoms with E-state index in [1.807, 2.05) is 59.5 Å². The lowest BCUT2D eigenvalue weighted by Gasteiger charge is -2.11. The Bertz CT molecular complexity index is 707. The predicted molar refractivity (Wildman–Crippen MR) is 88.8 cm³/mol. The molecule has 20 heavy (non-hydrogen) atoms. The van der Waals surface area contributed by atoms with Crippen LogP contribution in [0.3, 0.4) is 0 Å². The maximum atomic E-state index is 6.35. The van der Waals surface area contributed by atoms with E-state index in [0.717, 1.165) is 16.8 Å². The van der Waals surface area contributed by atoms with Gasteiger partial charge < -0.3 is 5.73 Å². The zero-order chi connectivity index (χ0) is 13.9. The molecule has 100 valence electrons. The Labute approximate surface area is 131 Å². The van der Waals surface area contributed by atoms with Gasteiger partial charge in [0.1, 0.15) is 0 Å². The summed E-state index contributed by atoms with van der Waals surface area (Å²) in [6.07, 6.45) is 3.82. The number of benzene rings is 2. The second kappa shape index (κ2) is 5.76. The largest absolute Gasteiger partial charge is 0.320 e. The third-order valence-corrected chi connectivity index (χ3v) is 4.21. The van der Waals surface area contributed by atoms with Gasteiger partial charge in [-0.05, 0) is 46.4 Å². The number of hydrogen-bond donors (Lipinski definition) is 1. The van der Waals surface area contributed by atoms with E-state index in [9.17, 15) is 0 Å². The highest BCUT2D eigenvalue weighted by atomic mass is 127. The minimum absolute atomic E-state index is 0.152. The lowest BCUT2D eigenvalue weighted by molar-refractivity contribution is 0.857. The van der Waals surface area contributed by atoms with Gasteiger partial charge in [0.15, 0.2) is 0 Å². The molecule has 0 spiro atoms. The van der Waals surface area contributed by atoms with E-state index in [2.05, 4.69) is 39.8 Å². The van der Waals surface area contributed by atoms with Gasteiger partial charge in [-0.3, -0.25) is 0 Å². The normalized spacial score (nSPS) is 12.3.